The number of benzene rings is 1. The molecule has 2 amide bonds. The lowest BCUT2D eigenvalue weighted by Crippen LogP contribution is -2.46. The van der Waals surface area contributed by atoms with Gasteiger partial charge in [0.25, 0.3) is 0 Å². The van der Waals surface area contributed by atoms with Gasteiger partial charge in [0.05, 0.1) is 7.11 Å². The third-order valence-corrected chi connectivity index (χ3v) is 3.53. The zero-order valence-corrected chi connectivity index (χ0v) is 14.9. The minimum atomic E-state index is -0.940. The van der Waals surface area contributed by atoms with Crippen LogP contribution in [0.25, 0.3) is 0 Å². The van der Waals surface area contributed by atoms with Gasteiger partial charge in [0.15, 0.2) is 0 Å². The van der Waals surface area contributed by atoms with E-state index in [-0.39, 0.29) is 31.8 Å². The summed E-state index contributed by atoms with van der Waals surface area (Å²) in [6.07, 6.45) is -0.0942. The van der Waals surface area contributed by atoms with E-state index < -0.39 is 24.0 Å². The summed E-state index contributed by atoms with van der Waals surface area (Å²) in [7, 11) is 1.20. The van der Waals surface area contributed by atoms with Crippen LogP contribution in [0.3, 0.4) is 0 Å². The maximum absolute atomic E-state index is 11.9. The highest BCUT2D eigenvalue weighted by atomic mass is 16.5. The number of carbonyl (C=O) groups is 4. The van der Waals surface area contributed by atoms with Crippen LogP contribution in [-0.2, 0) is 30.5 Å². The van der Waals surface area contributed by atoms with Crippen LogP contribution >= 0.6 is 0 Å². The number of esters is 1. The average molecular weight is 364 g/mol. The van der Waals surface area contributed by atoms with Gasteiger partial charge in [-0.1, -0.05) is 37.3 Å². The van der Waals surface area contributed by atoms with E-state index in [9.17, 15) is 19.2 Å². The smallest absolute Gasteiger partial charge is 0.407 e. The summed E-state index contributed by atoms with van der Waals surface area (Å²) in [5.41, 5.74) is 0.818. The van der Waals surface area contributed by atoms with E-state index in [1.807, 2.05) is 18.2 Å². The van der Waals surface area contributed by atoms with Gasteiger partial charge in [0, 0.05) is 12.8 Å². The number of ketones is 1. The van der Waals surface area contributed by atoms with Crippen LogP contribution in [0.4, 0.5) is 4.79 Å². The van der Waals surface area contributed by atoms with Crippen molar-refractivity contribution in [3.8, 4) is 0 Å². The molecule has 0 bridgehead atoms. The summed E-state index contributed by atoms with van der Waals surface area (Å²) >= 11 is 0. The number of alkyl carbamates (subject to hydrolysis) is 1. The number of carbonyl (C=O) groups excluding carboxylic acids is 4. The Hall–Kier alpha value is -2.90. The van der Waals surface area contributed by atoms with E-state index in [1.165, 1.54) is 7.11 Å². The Morgan fingerprint density at radius 3 is 2.42 bits per heavy atom. The third-order valence-electron chi connectivity index (χ3n) is 3.53. The normalized spacial score (nSPS) is 11.2. The first-order chi connectivity index (χ1) is 12.5. The quantitative estimate of drug-likeness (QED) is 0.606. The Morgan fingerprint density at radius 2 is 1.81 bits per heavy atom. The minimum absolute atomic E-state index is 0.0178. The molecular formula is C18H24N2O6. The molecule has 0 aliphatic rings. The second kappa shape index (κ2) is 11.6. The Bertz CT molecular complexity index is 617. The van der Waals surface area contributed by atoms with Gasteiger partial charge in [-0.2, -0.15) is 0 Å². The summed E-state index contributed by atoms with van der Waals surface area (Å²) in [6, 6.07) is 8.15. The highest BCUT2D eigenvalue weighted by Gasteiger charge is 2.22. The fraction of sp³-hybridized carbons (Fsp3) is 0.444. The van der Waals surface area contributed by atoms with E-state index in [4.69, 9.17) is 4.74 Å². The van der Waals surface area contributed by atoms with Crippen LogP contribution < -0.4 is 10.6 Å². The summed E-state index contributed by atoms with van der Waals surface area (Å²) in [5.74, 6) is -1.24. The lowest BCUT2D eigenvalue weighted by atomic mass is 10.1. The molecule has 0 spiro atoms. The van der Waals surface area contributed by atoms with Crippen molar-refractivity contribution >= 4 is 23.8 Å². The number of hydrogen-bond acceptors (Lipinski definition) is 6. The van der Waals surface area contributed by atoms with E-state index in [1.54, 1.807) is 19.1 Å². The van der Waals surface area contributed by atoms with Crippen molar-refractivity contribution in [2.45, 2.75) is 38.8 Å². The standard InChI is InChI=1S/C18H24N2O6/c1-3-14(21)9-10-15(17(23)25-2)20-16(22)11-19-18(24)26-12-13-7-5-4-6-8-13/h4-8,15H,3,9-12H2,1-2H3,(H,19,24)(H,20,22)/t15-/m0/s1. The first-order valence-electron chi connectivity index (χ1n) is 8.29. The zero-order chi connectivity index (χ0) is 19.4. The topological polar surface area (TPSA) is 111 Å². The van der Waals surface area contributed by atoms with Crippen molar-refractivity contribution in [2.24, 2.45) is 0 Å². The minimum Gasteiger partial charge on any atom is -0.467 e. The van der Waals surface area contributed by atoms with Crippen LogP contribution in [0.15, 0.2) is 30.3 Å². The summed E-state index contributed by atoms with van der Waals surface area (Å²) in [5, 5.41) is 4.74. The summed E-state index contributed by atoms with van der Waals surface area (Å²) in [4.78, 5) is 46.6. The van der Waals surface area contributed by atoms with Crippen molar-refractivity contribution < 1.29 is 28.7 Å². The van der Waals surface area contributed by atoms with Crippen LogP contribution in [-0.4, -0.2) is 43.4 Å². The fourth-order valence-corrected chi connectivity index (χ4v) is 2.05. The van der Waals surface area contributed by atoms with Crippen molar-refractivity contribution in [3.05, 3.63) is 35.9 Å². The molecule has 0 radical (unpaired) electrons. The van der Waals surface area contributed by atoms with Crippen molar-refractivity contribution in [1.29, 1.82) is 0 Å². The molecule has 1 aromatic rings. The molecule has 1 rings (SSSR count). The Labute approximate surface area is 152 Å². The van der Waals surface area contributed by atoms with Gasteiger partial charge in [-0.25, -0.2) is 9.59 Å². The molecule has 0 fully saturated rings. The lowest BCUT2D eigenvalue weighted by molar-refractivity contribution is -0.145. The van der Waals surface area contributed by atoms with Gasteiger partial charge in [0.2, 0.25) is 5.91 Å². The molecule has 0 heterocycles. The van der Waals surface area contributed by atoms with Crippen LogP contribution in [0.1, 0.15) is 31.7 Å². The molecule has 8 heteroatoms. The lowest BCUT2D eigenvalue weighted by Gasteiger charge is -2.16. The Kier molecular flexibility index (Phi) is 9.45. The largest absolute Gasteiger partial charge is 0.467 e. The molecule has 26 heavy (non-hydrogen) atoms. The SMILES string of the molecule is CCC(=O)CC[C@H](NC(=O)CNC(=O)OCc1ccccc1)C(=O)OC. The second-order valence-electron chi connectivity index (χ2n) is 5.49. The molecule has 0 aromatic heterocycles. The molecule has 0 saturated heterocycles. The Balaban J connectivity index is 2.37. The molecule has 2 N–H and O–H groups in total. The third kappa shape index (κ3) is 8.27. The molecule has 0 aliphatic carbocycles. The highest BCUT2D eigenvalue weighted by Crippen LogP contribution is 2.03. The number of nitrogens with one attached hydrogen (secondary N) is 2. The molecular weight excluding hydrogens is 340 g/mol. The predicted octanol–water partition coefficient (Wildman–Crippen LogP) is 1.33. The van der Waals surface area contributed by atoms with Gasteiger partial charge in [0.1, 0.15) is 25.0 Å². The van der Waals surface area contributed by atoms with Crippen molar-refractivity contribution in [3.63, 3.8) is 0 Å². The van der Waals surface area contributed by atoms with Gasteiger partial charge in [-0.3, -0.25) is 9.59 Å². The maximum atomic E-state index is 11.9. The van der Waals surface area contributed by atoms with Gasteiger partial charge >= 0.3 is 12.1 Å². The maximum Gasteiger partial charge on any atom is 0.407 e. The van der Waals surface area contributed by atoms with E-state index >= 15 is 0 Å². The molecule has 0 unspecified atom stereocenters. The fourth-order valence-electron chi connectivity index (χ4n) is 2.05. The van der Waals surface area contributed by atoms with Gasteiger partial charge < -0.3 is 20.1 Å². The molecule has 1 aromatic carbocycles. The van der Waals surface area contributed by atoms with Crippen LogP contribution in [0, 0.1) is 0 Å². The van der Waals surface area contributed by atoms with E-state index in [2.05, 4.69) is 15.4 Å². The summed E-state index contributed by atoms with van der Waals surface area (Å²) in [6.45, 7) is 1.44. The van der Waals surface area contributed by atoms with Crippen molar-refractivity contribution in [2.75, 3.05) is 13.7 Å². The monoisotopic (exact) mass is 364 g/mol. The van der Waals surface area contributed by atoms with Gasteiger partial charge in [-0.15, -0.1) is 0 Å². The first-order valence-corrected chi connectivity index (χ1v) is 8.29. The molecule has 0 aliphatic heterocycles. The van der Waals surface area contributed by atoms with Crippen molar-refractivity contribution in [1.82, 2.24) is 10.6 Å². The predicted molar refractivity (Wildman–Crippen MR) is 93.1 cm³/mol. The van der Waals surface area contributed by atoms with E-state index in [0.717, 1.165) is 5.56 Å². The second-order valence-corrected chi connectivity index (χ2v) is 5.49. The van der Waals surface area contributed by atoms with E-state index in [0.29, 0.717) is 6.42 Å². The number of amides is 2. The number of ether oxygens (including phenoxy) is 2. The zero-order valence-electron chi connectivity index (χ0n) is 14.9. The van der Waals surface area contributed by atoms with Crippen LogP contribution in [0.2, 0.25) is 0 Å². The Morgan fingerprint density at radius 1 is 1.12 bits per heavy atom. The average Bonchev–Trinajstić information content (AvgIpc) is 2.67. The molecule has 0 saturated carbocycles. The highest BCUT2D eigenvalue weighted by molar-refractivity contribution is 5.87. The number of methoxy groups -OCH3 is 1. The van der Waals surface area contributed by atoms with Gasteiger partial charge in [-0.05, 0) is 12.0 Å². The first kappa shape index (κ1) is 21.1. The summed E-state index contributed by atoms with van der Waals surface area (Å²) < 4.78 is 9.59. The molecule has 8 nitrogen and oxygen atoms in total. The molecule has 142 valence electrons. The molecule has 1 atom stereocenters. The van der Waals surface area contributed by atoms with Crippen LogP contribution in [0.5, 0.6) is 0 Å². The number of Topliss-reactive ketones (excluding diaryl/α,β-unsaturated/α-hetero) is 1. The number of hydrogen-bond donors (Lipinski definition) is 2. The number of rotatable bonds is 10.